The standard InChI is InChI=1S/C14H15N5O2/c1-3-11-14(19(20)21)13(4-2)18(17-11)9-10-6-5-7-16-12(10)8-15/h5-7H,3-4,9H2,1-2H3. The average molecular weight is 285 g/mol. The Kier molecular flexibility index (Phi) is 4.28. The minimum Gasteiger partial charge on any atom is -0.258 e. The highest BCUT2D eigenvalue weighted by Gasteiger charge is 2.25. The molecule has 0 aliphatic rings. The molecule has 0 unspecified atom stereocenters. The van der Waals surface area contributed by atoms with Crippen molar-refractivity contribution in [3.8, 4) is 6.07 Å². The van der Waals surface area contributed by atoms with Gasteiger partial charge in [0.25, 0.3) is 0 Å². The molecule has 0 saturated heterocycles. The lowest BCUT2D eigenvalue weighted by atomic mass is 10.2. The summed E-state index contributed by atoms with van der Waals surface area (Å²) in [5.41, 5.74) is 2.15. The Bertz CT molecular complexity index is 715. The monoisotopic (exact) mass is 285 g/mol. The molecule has 0 radical (unpaired) electrons. The maximum Gasteiger partial charge on any atom is 0.313 e. The van der Waals surface area contributed by atoms with Crippen molar-refractivity contribution >= 4 is 5.69 Å². The second kappa shape index (κ2) is 6.13. The number of hydrogen-bond donors (Lipinski definition) is 0. The largest absolute Gasteiger partial charge is 0.313 e. The first-order chi connectivity index (χ1) is 10.1. The van der Waals surface area contributed by atoms with Crippen LogP contribution in [0.2, 0.25) is 0 Å². The number of nitrogens with zero attached hydrogens (tertiary/aromatic N) is 5. The molecule has 0 aliphatic heterocycles. The summed E-state index contributed by atoms with van der Waals surface area (Å²) in [6.45, 7) is 4.00. The molecule has 7 nitrogen and oxygen atoms in total. The van der Waals surface area contributed by atoms with E-state index in [1.54, 1.807) is 23.0 Å². The van der Waals surface area contributed by atoms with Crippen LogP contribution in [0.15, 0.2) is 18.3 Å². The van der Waals surface area contributed by atoms with E-state index in [2.05, 4.69) is 10.1 Å². The molecule has 21 heavy (non-hydrogen) atoms. The number of hydrogen-bond acceptors (Lipinski definition) is 5. The number of aromatic nitrogens is 3. The van der Waals surface area contributed by atoms with Gasteiger partial charge in [0.2, 0.25) is 0 Å². The van der Waals surface area contributed by atoms with E-state index in [1.165, 1.54) is 0 Å². The molecule has 0 spiro atoms. The Hall–Kier alpha value is -2.75. The minimum absolute atomic E-state index is 0.0856. The van der Waals surface area contributed by atoms with Crippen LogP contribution in [0.5, 0.6) is 0 Å². The fourth-order valence-corrected chi connectivity index (χ4v) is 2.30. The van der Waals surface area contributed by atoms with Gasteiger partial charge in [0, 0.05) is 11.8 Å². The van der Waals surface area contributed by atoms with Gasteiger partial charge in [0.15, 0.2) is 0 Å². The fourth-order valence-electron chi connectivity index (χ4n) is 2.30. The zero-order chi connectivity index (χ0) is 15.4. The highest BCUT2D eigenvalue weighted by molar-refractivity contribution is 5.42. The van der Waals surface area contributed by atoms with Crippen LogP contribution in [0.25, 0.3) is 0 Å². The predicted octanol–water partition coefficient (Wildman–Crippen LogP) is 2.23. The van der Waals surface area contributed by atoms with Crippen LogP contribution >= 0.6 is 0 Å². The molecule has 0 atom stereocenters. The van der Waals surface area contributed by atoms with Crippen molar-refractivity contribution in [2.24, 2.45) is 0 Å². The van der Waals surface area contributed by atoms with Gasteiger partial charge in [-0.2, -0.15) is 10.4 Å². The maximum atomic E-state index is 11.2. The Morgan fingerprint density at radius 1 is 1.43 bits per heavy atom. The van der Waals surface area contributed by atoms with Crippen LogP contribution in [0.1, 0.15) is 36.5 Å². The van der Waals surface area contributed by atoms with Crippen molar-refractivity contribution in [2.75, 3.05) is 0 Å². The first kappa shape index (κ1) is 14.7. The Morgan fingerprint density at radius 2 is 2.19 bits per heavy atom. The van der Waals surface area contributed by atoms with Crippen molar-refractivity contribution in [3.05, 3.63) is 51.1 Å². The molecule has 2 aromatic heterocycles. The van der Waals surface area contributed by atoms with Gasteiger partial charge in [-0.3, -0.25) is 14.8 Å². The summed E-state index contributed by atoms with van der Waals surface area (Å²) in [5, 5.41) is 24.6. The summed E-state index contributed by atoms with van der Waals surface area (Å²) in [7, 11) is 0. The van der Waals surface area contributed by atoms with Crippen molar-refractivity contribution in [3.63, 3.8) is 0 Å². The van der Waals surface area contributed by atoms with Gasteiger partial charge in [0.05, 0.1) is 11.5 Å². The molecule has 0 amide bonds. The van der Waals surface area contributed by atoms with Gasteiger partial charge in [-0.25, -0.2) is 4.98 Å². The predicted molar refractivity (Wildman–Crippen MR) is 75.7 cm³/mol. The molecule has 2 heterocycles. The number of aryl methyl sites for hydroxylation is 1. The van der Waals surface area contributed by atoms with Gasteiger partial charge < -0.3 is 0 Å². The Morgan fingerprint density at radius 3 is 2.76 bits per heavy atom. The van der Waals surface area contributed by atoms with E-state index in [-0.39, 0.29) is 10.6 Å². The van der Waals surface area contributed by atoms with E-state index in [0.717, 1.165) is 0 Å². The smallest absolute Gasteiger partial charge is 0.258 e. The van der Waals surface area contributed by atoms with Crippen LogP contribution in [0.3, 0.4) is 0 Å². The third-order valence-electron chi connectivity index (χ3n) is 3.27. The molecule has 0 saturated carbocycles. The summed E-state index contributed by atoms with van der Waals surface area (Å²) < 4.78 is 1.61. The molecular formula is C14H15N5O2. The Balaban J connectivity index is 2.50. The lowest BCUT2D eigenvalue weighted by Crippen LogP contribution is -2.08. The summed E-state index contributed by atoms with van der Waals surface area (Å²) in [6.07, 6.45) is 2.55. The van der Waals surface area contributed by atoms with Gasteiger partial charge in [0.1, 0.15) is 23.2 Å². The SMILES string of the molecule is CCc1nn(Cc2cccnc2C#N)c(CC)c1[N+](=O)[O-]. The van der Waals surface area contributed by atoms with Gasteiger partial charge in [-0.05, 0) is 18.9 Å². The van der Waals surface area contributed by atoms with Crippen LogP contribution in [-0.4, -0.2) is 19.7 Å². The van der Waals surface area contributed by atoms with E-state index in [1.807, 2.05) is 19.9 Å². The zero-order valence-corrected chi connectivity index (χ0v) is 11.9. The van der Waals surface area contributed by atoms with E-state index < -0.39 is 0 Å². The first-order valence-electron chi connectivity index (χ1n) is 6.69. The minimum atomic E-state index is -0.379. The second-order valence-corrected chi connectivity index (χ2v) is 4.49. The number of nitro groups is 1. The molecule has 108 valence electrons. The topological polar surface area (TPSA) is 97.6 Å². The van der Waals surface area contributed by atoms with Crippen LogP contribution in [0.4, 0.5) is 5.69 Å². The van der Waals surface area contributed by atoms with Crippen molar-refractivity contribution in [2.45, 2.75) is 33.2 Å². The van der Waals surface area contributed by atoms with E-state index in [9.17, 15) is 10.1 Å². The summed E-state index contributed by atoms with van der Waals surface area (Å²) in [5.74, 6) is 0. The van der Waals surface area contributed by atoms with Gasteiger partial charge >= 0.3 is 5.69 Å². The molecule has 0 bridgehead atoms. The number of rotatable bonds is 5. The number of pyridine rings is 1. The molecule has 0 aromatic carbocycles. The molecule has 2 rings (SSSR count). The fraction of sp³-hybridized carbons (Fsp3) is 0.357. The van der Waals surface area contributed by atoms with E-state index in [4.69, 9.17) is 5.26 Å². The quantitative estimate of drug-likeness (QED) is 0.619. The maximum absolute atomic E-state index is 11.2. The molecule has 2 aromatic rings. The van der Waals surface area contributed by atoms with Crippen molar-refractivity contribution in [1.82, 2.24) is 14.8 Å². The summed E-state index contributed by atoms with van der Waals surface area (Å²) >= 11 is 0. The van der Waals surface area contributed by atoms with Crippen molar-refractivity contribution in [1.29, 1.82) is 5.26 Å². The number of nitriles is 1. The lowest BCUT2D eigenvalue weighted by molar-refractivity contribution is -0.386. The summed E-state index contributed by atoms with van der Waals surface area (Å²) in [6, 6.07) is 5.54. The molecular weight excluding hydrogens is 270 g/mol. The van der Waals surface area contributed by atoms with E-state index in [0.29, 0.717) is 42.0 Å². The lowest BCUT2D eigenvalue weighted by Gasteiger charge is -2.06. The molecule has 7 heteroatoms. The highest BCUT2D eigenvalue weighted by atomic mass is 16.6. The Labute approximate surface area is 122 Å². The second-order valence-electron chi connectivity index (χ2n) is 4.49. The van der Waals surface area contributed by atoms with E-state index >= 15 is 0 Å². The normalized spacial score (nSPS) is 10.3. The molecule has 0 aliphatic carbocycles. The highest BCUT2D eigenvalue weighted by Crippen LogP contribution is 2.25. The molecule has 0 fully saturated rings. The van der Waals surface area contributed by atoms with Crippen LogP contribution < -0.4 is 0 Å². The third kappa shape index (κ3) is 2.74. The molecule has 0 N–H and O–H groups in total. The van der Waals surface area contributed by atoms with Gasteiger partial charge in [-0.1, -0.05) is 19.9 Å². The first-order valence-corrected chi connectivity index (χ1v) is 6.69. The van der Waals surface area contributed by atoms with Crippen molar-refractivity contribution < 1.29 is 4.92 Å². The average Bonchev–Trinajstić information content (AvgIpc) is 2.85. The third-order valence-corrected chi connectivity index (χ3v) is 3.27. The zero-order valence-electron chi connectivity index (χ0n) is 11.9. The van der Waals surface area contributed by atoms with Gasteiger partial charge in [-0.15, -0.1) is 0 Å². The summed E-state index contributed by atoms with van der Waals surface area (Å²) in [4.78, 5) is 14.9. The van der Waals surface area contributed by atoms with Crippen LogP contribution in [-0.2, 0) is 19.4 Å². The van der Waals surface area contributed by atoms with Crippen LogP contribution in [0, 0.1) is 21.4 Å².